The molecule has 0 unspecified atom stereocenters. The second-order valence-electron chi connectivity index (χ2n) is 4.18. The van der Waals surface area contributed by atoms with Crippen molar-refractivity contribution in [3.8, 4) is 0 Å². The van der Waals surface area contributed by atoms with Crippen LogP contribution in [0.5, 0.6) is 0 Å². The molecule has 2 aromatic rings. The third kappa shape index (κ3) is 2.63. The predicted molar refractivity (Wildman–Crippen MR) is 72.2 cm³/mol. The Morgan fingerprint density at radius 2 is 2.21 bits per heavy atom. The summed E-state index contributed by atoms with van der Waals surface area (Å²) in [5.74, 6) is 0. The van der Waals surface area contributed by atoms with Crippen molar-refractivity contribution in [2.75, 3.05) is 19.7 Å². The minimum Gasteiger partial charge on any atom is -0.395 e. The molecule has 2 N–H and O–H groups in total. The zero-order valence-electron chi connectivity index (χ0n) is 10.7. The minimum absolute atomic E-state index is 0.100. The van der Waals surface area contributed by atoms with Crippen LogP contribution in [-0.4, -0.2) is 47.5 Å². The standard InChI is InChI=1S/C12H17N3O3S/c1-2-6-15(7-8-16)19(17,18)11-9-14-12-10(11)4-3-5-13-12/h3-5,9,16H,2,6-8H2,1H3,(H,13,14). The first-order valence-electron chi connectivity index (χ1n) is 6.14. The first-order chi connectivity index (χ1) is 9.11. The number of rotatable bonds is 6. The highest BCUT2D eigenvalue weighted by atomic mass is 32.2. The Bertz CT molecular complexity index is 645. The average molecular weight is 283 g/mol. The molecular weight excluding hydrogens is 266 g/mol. The van der Waals surface area contributed by atoms with Crippen molar-refractivity contribution in [2.24, 2.45) is 0 Å². The molecule has 104 valence electrons. The number of aliphatic hydroxyl groups excluding tert-OH is 1. The smallest absolute Gasteiger partial charge is 0.245 e. The van der Waals surface area contributed by atoms with Crippen LogP contribution in [0.4, 0.5) is 0 Å². The monoisotopic (exact) mass is 283 g/mol. The average Bonchev–Trinajstić information content (AvgIpc) is 2.83. The Hall–Kier alpha value is -1.44. The largest absolute Gasteiger partial charge is 0.395 e. The van der Waals surface area contributed by atoms with Crippen molar-refractivity contribution in [1.29, 1.82) is 0 Å². The molecule has 0 aromatic carbocycles. The molecule has 19 heavy (non-hydrogen) atoms. The van der Waals surface area contributed by atoms with E-state index >= 15 is 0 Å². The van der Waals surface area contributed by atoms with E-state index in [-0.39, 0.29) is 18.0 Å². The molecule has 0 amide bonds. The Morgan fingerprint density at radius 1 is 1.42 bits per heavy atom. The first-order valence-corrected chi connectivity index (χ1v) is 7.58. The highest BCUT2D eigenvalue weighted by Crippen LogP contribution is 2.24. The van der Waals surface area contributed by atoms with Gasteiger partial charge in [-0.1, -0.05) is 6.92 Å². The van der Waals surface area contributed by atoms with E-state index in [0.717, 1.165) is 0 Å². The van der Waals surface area contributed by atoms with Crippen LogP contribution >= 0.6 is 0 Å². The van der Waals surface area contributed by atoms with E-state index in [2.05, 4.69) is 9.97 Å². The van der Waals surface area contributed by atoms with Crippen molar-refractivity contribution in [3.05, 3.63) is 24.5 Å². The van der Waals surface area contributed by atoms with Gasteiger partial charge in [0.2, 0.25) is 10.0 Å². The molecule has 0 bridgehead atoms. The van der Waals surface area contributed by atoms with Gasteiger partial charge in [0, 0.05) is 30.9 Å². The normalized spacial score (nSPS) is 12.4. The fourth-order valence-corrected chi connectivity index (χ4v) is 3.67. The molecular formula is C12H17N3O3S. The van der Waals surface area contributed by atoms with Crippen LogP contribution in [0.15, 0.2) is 29.4 Å². The summed E-state index contributed by atoms with van der Waals surface area (Å²) < 4.78 is 26.4. The van der Waals surface area contributed by atoms with Gasteiger partial charge in [0.25, 0.3) is 0 Å². The molecule has 0 aliphatic heterocycles. The van der Waals surface area contributed by atoms with Gasteiger partial charge in [-0.2, -0.15) is 4.31 Å². The number of sulfonamides is 1. The molecule has 6 nitrogen and oxygen atoms in total. The fraction of sp³-hybridized carbons (Fsp3) is 0.417. The van der Waals surface area contributed by atoms with E-state index < -0.39 is 10.0 Å². The van der Waals surface area contributed by atoms with Gasteiger partial charge >= 0.3 is 0 Å². The summed E-state index contributed by atoms with van der Waals surface area (Å²) in [6.07, 6.45) is 3.75. The third-order valence-electron chi connectivity index (χ3n) is 2.85. The van der Waals surface area contributed by atoms with E-state index in [9.17, 15) is 8.42 Å². The van der Waals surface area contributed by atoms with Gasteiger partial charge in [-0.05, 0) is 18.6 Å². The second-order valence-corrected chi connectivity index (χ2v) is 6.09. The number of H-pyrrole nitrogens is 1. The van der Waals surface area contributed by atoms with E-state index in [1.807, 2.05) is 6.92 Å². The van der Waals surface area contributed by atoms with Crippen molar-refractivity contribution >= 4 is 21.1 Å². The number of aromatic amines is 1. The summed E-state index contributed by atoms with van der Waals surface area (Å²) in [5, 5.41) is 9.58. The minimum atomic E-state index is -3.61. The number of nitrogens with zero attached hydrogens (tertiary/aromatic N) is 2. The zero-order chi connectivity index (χ0) is 13.9. The molecule has 0 spiro atoms. The topological polar surface area (TPSA) is 86.3 Å². The van der Waals surface area contributed by atoms with Crippen LogP contribution in [0.1, 0.15) is 13.3 Å². The van der Waals surface area contributed by atoms with Gasteiger partial charge in [-0.3, -0.25) is 0 Å². The van der Waals surface area contributed by atoms with Gasteiger partial charge in [0.1, 0.15) is 10.5 Å². The van der Waals surface area contributed by atoms with E-state index in [1.165, 1.54) is 10.5 Å². The van der Waals surface area contributed by atoms with Gasteiger partial charge < -0.3 is 10.1 Å². The summed E-state index contributed by atoms with van der Waals surface area (Å²) in [6, 6.07) is 3.42. The number of aromatic nitrogens is 2. The highest BCUT2D eigenvalue weighted by molar-refractivity contribution is 7.89. The van der Waals surface area contributed by atoms with Gasteiger partial charge in [0.05, 0.1) is 6.61 Å². The Morgan fingerprint density at radius 3 is 2.89 bits per heavy atom. The summed E-state index contributed by atoms with van der Waals surface area (Å²) >= 11 is 0. The van der Waals surface area contributed by atoms with E-state index in [4.69, 9.17) is 5.11 Å². The summed E-state index contributed by atoms with van der Waals surface area (Å²) in [4.78, 5) is 7.14. The lowest BCUT2D eigenvalue weighted by Crippen LogP contribution is -2.34. The van der Waals surface area contributed by atoms with Crippen LogP contribution in [-0.2, 0) is 10.0 Å². The molecule has 0 fully saturated rings. The summed E-state index contributed by atoms with van der Waals surface area (Å²) in [6.45, 7) is 2.19. The third-order valence-corrected chi connectivity index (χ3v) is 4.79. The quantitative estimate of drug-likeness (QED) is 0.826. The maximum absolute atomic E-state index is 12.6. The van der Waals surface area contributed by atoms with Gasteiger partial charge in [-0.15, -0.1) is 0 Å². The van der Waals surface area contributed by atoms with Crippen LogP contribution in [0.3, 0.4) is 0 Å². The number of fused-ring (bicyclic) bond motifs is 1. The van der Waals surface area contributed by atoms with E-state index in [1.54, 1.807) is 18.3 Å². The number of nitrogens with one attached hydrogen (secondary N) is 1. The molecule has 0 aliphatic rings. The van der Waals surface area contributed by atoms with Crippen molar-refractivity contribution < 1.29 is 13.5 Å². The second kappa shape index (κ2) is 5.68. The number of hydrogen-bond donors (Lipinski definition) is 2. The van der Waals surface area contributed by atoms with Crippen LogP contribution in [0.2, 0.25) is 0 Å². The van der Waals surface area contributed by atoms with Gasteiger partial charge in [-0.25, -0.2) is 13.4 Å². The maximum Gasteiger partial charge on any atom is 0.245 e. The molecule has 0 saturated heterocycles. The molecule has 0 saturated carbocycles. The zero-order valence-corrected chi connectivity index (χ0v) is 11.5. The number of hydrogen-bond acceptors (Lipinski definition) is 4. The maximum atomic E-state index is 12.6. The van der Waals surface area contributed by atoms with Crippen LogP contribution < -0.4 is 0 Å². The highest BCUT2D eigenvalue weighted by Gasteiger charge is 2.26. The van der Waals surface area contributed by atoms with Crippen molar-refractivity contribution in [2.45, 2.75) is 18.2 Å². The van der Waals surface area contributed by atoms with Crippen LogP contribution in [0, 0.1) is 0 Å². The first kappa shape index (κ1) is 14.0. The SMILES string of the molecule is CCCN(CCO)S(=O)(=O)c1c[nH]c2ncccc12. The molecule has 0 radical (unpaired) electrons. The molecule has 0 atom stereocenters. The lowest BCUT2D eigenvalue weighted by Gasteiger charge is -2.19. The number of pyridine rings is 1. The predicted octanol–water partition coefficient (Wildman–Crippen LogP) is 0.956. The molecule has 2 rings (SSSR count). The summed E-state index contributed by atoms with van der Waals surface area (Å²) in [7, 11) is -3.61. The number of aliphatic hydroxyl groups is 1. The van der Waals surface area contributed by atoms with E-state index in [0.29, 0.717) is 24.0 Å². The van der Waals surface area contributed by atoms with Crippen molar-refractivity contribution in [1.82, 2.24) is 14.3 Å². The molecule has 2 aromatic heterocycles. The molecule has 0 aliphatic carbocycles. The Balaban J connectivity index is 2.48. The molecule has 2 heterocycles. The fourth-order valence-electron chi connectivity index (χ4n) is 2.00. The Labute approximate surface area is 112 Å². The lowest BCUT2D eigenvalue weighted by molar-refractivity contribution is 0.253. The summed E-state index contributed by atoms with van der Waals surface area (Å²) in [5.41, 5.74) is 0.543. The lowest BCUT2D eigenvalue weighted by atomic mass is 10.3. The molecule has 7 heteroatoms. The van der Waals surface area contributed by atoms with Crippen LogP contribution in [0.25, 0.3) is 11.0 Å². The Kier molecular flexibility index (Phi) is 4.18. The van der Waals surface area contributed by atoms with Gasteiger partial charge in [0.15, 0.2) is 0 Å². The van der Waals surface area contributed by atoms with Crippen molar-refractivity contribution in [3.63, 3.8) is 0 Å².